The summed E-state index contributed by atoms with van der Waals surface area (Å²) in [6, 6.07) is 2.73. The van der Waals surface area contributed by atoms with E-state index in [-0.39, 0.29) is 14.7 Å². The van der Waals surface area contributed by atoms with Crippen LogP contribution < -0.4 is 4.74 Å². The second kappa shape index (κ2) is 9.30. The number of carbonyl (C=O) groups excluding carboxylic acids is 2. The van der Waals surface area contributed by atoms with E-state index in [1.54, 1.807) is 0 Å². The molecule has 170 valence electrons. The zero-order chi connectivity index (χ0) is 23.7. The van der Waals surface area contributed by atoms with Gasteiger partial charge in [0.05, 0.1) is 24.8 Å². The van der Waals surface area contributed by atoms with Crippen LogP contribution >= 0.6 is 47.8 Å². The Morgan fingerprint density at radius 3 is 1.73 bits per heavy atom. The monoisotopic (exact) mass is 657 g/mol. The number of halogens is 9. The number of esters is 2. The van der Waals surface area contributed by atoms with Gasteiger partial charge in [-0.15, -0.1) is 0 Å². The highest BCUT2D eigenvalue weighted by Gasteiger charge is 2.75. The van der Waals surface area contributed by atoms with Crippen molar-refractivity contribution in [3.8, 4) is 5.75 Å². The van der Waals surface area contributed by atoms with Gasteiger partial charge in [-0.25, -0.2) is 8.42 Å². The van der Waals surface area contributed by atoms with E-state index in [1.807, 2.05) is 0 Å². The van der Waals surface area contributed by atoms with Crippen LogP contribution in [-0.2, 0) is 24.4 Å². The Kier molecular flexibility index (Phi) is 8.41. The van der Waals surface area contributed by atoms with E-state index in [9.17, 15) is 48.9 Å². The first-order valence-corrected chi connectivity index (χ1v) is 10.9. The van der Waals surface area contributed by atoms with Gasteiger partial charge in [0.25, 0.3) is 0 Å². The fourth-order valence-electron chi connectivity index (χ4n) is 1.84. The van der Waals surface area contributed by atoms with Crippen LogP contribution in [0.3, 0.4) is 0 Å². The Hall–Kier alpha value is -0.910. The molecule has 0 saturated heterocycles. The maximum atomic E-state index is 13.1. The summed E-state index contributed by atoms with van der Waals surface area (Å²) in [5.74, 6) is -7.50. The molecular formula is C13H6Br3F6O7S-. The zero-order valence-corrected chi connectivity index (χ0v) is 19.3. The number of carbonyl (C=O) groups is 2. The largest absolute Gasteiger partial charge is 0.748 e. The first-order valence-electron chi connectivity index (χ1n) is 6.93. The average Bonchev–Trinajstić information content (AvgIpc) is 2.46. The molecule has 0 aliphatic heterocycles. The van der Waals surface area contributed by atoms with E-state index < -0.39 is 52.2 Å². The van der Waals surface area contributed by atoms with Gasteiger partial charge < -0.3 is 14.0 Å². The maximum absolute atomic E-state index is 13.1. The third kappa shape index (κ3) is 6.80. The average molecular weight is 660 g/mol. The summed E-state index contributed by atoms with van der Waals surface area (Å²) in [6.45, 7) is 0. The molecule has 0 spiro atoms. The van der Waals surface area contributed by atoms with Gasteiger partial charge in [-0.2, -0.15) is 26.3 Å². The summed E-state index contributed by atoms with van der Waals surface area (Å²) in [4.78, 5) is 23.4. The molecule has 30 heavy (non-hydrogen) atoms. The summed E-state index contributed by atoms with van der Waals surface area (Å²) in [5.41, 5.74) is -5.67. The highest BCUT2D eigenvalue weighted by atomic mass is 79.9. The van der Waals surface area contributed by atoms with Crippen molar-refractivity contribution in [3.63, 3.8) is 0 Å². The van der Waals surface area contributed by atoms with Crippen LogP contribution in [0.15, 0.2) is 25.6 Å². The van der Waals surface area contributed by atoms with E-state index in [1.165, 1.54) is 12.1 Å². The third-order valence-electron chi connectivity index (χ3n) is 3.05. The van der Waals surface area contributed by atoms with Crippen molar-refractivity contribution in [1.29, 1.82) is 0 Å². The molecule has 0 heterocycles. The fraction of sp³-hybridized carbons (Fsp3) is 0.385. The van der Waals surface area contributed by atoms with Gasteiger partial charge in [-0.05, 0) is 44.0 Å². The number of rotatable bonds is 6. The highest BCUT2D eigenvalue weighted by molar-refractivity contribution is 9.11. The highest BCUT2D eigenvalue weighted by Crippen LogP contribution is 2.47. The molecule has 0 fully saturated rings. The van der Waals surface area contributed by atoms with Crippen LogP contribution in [-0.4, -0.2) is 48.6 Å². The standard InChI is InChI=1S/C13H7Br3F6O7S/c14-5-1-6(15)10(7(16)2-5)28-8(23)3-9(24)29-11(12(17,18)19,13(20,21)22)4-30(25,26)27/h1-2H,3-4H2,(H,25,26,27)/p-1. The summed E-state index contributed by atoms with van der Waals surface area (Å²) in [6.07, 6.45) is -14.8. The predicted octanol–water partition coefficient (Wildman–Crippen LogP) is 4.22. The summed E-state index contributed by atoms with van der Waals surface area (Å²) in [7, 11) is -6.19. The third-order valence-corrected chi connectivity index (χ3v) is 5.45. The molecule has 17 heteroatoms. The van der Waals surface area contributed by atoms with Crippen molar-refractivity contribution in [2.75, 3.05) is 5.75 Å². The SMILES string of the molecule is O=C(CC(=O)OC(CS(=O)(=O)[O-])(C(F)(F)F)C(F)(F)F)Oc1c(Br)cc(Br)cc1Br. The lowest BCUT2D eigenvalue weighted by Gasteiger charge is -2.36. The Morgan fingerprint density at radius 1 is 0.933 bits per heavy atom. The normalized spacial score (nSPS) is 13.1. The van der Waals surface area contributed by atoms with Crippen LogP contribution in [0, 0.1) is 0 Å². The molecule has 0 N–H and O–H groups in total. The van der Waals surface area contributed by atoms with Crippen molar-refractivity contribution >= 4 is 69.8 Å². The zero-order valence-electron chi connectivity index (χ0n) is 13.7. The molecule has 0 saturated carbocycles. The first-order chi connectivity index (χ1) is 13.3. The van der Waals surface area contributed by atoms with Crippen LogP contribution in [0.25, 0.3) is 0 Å². The van der Waals surface area contributed by atoms with Crippen LogP contribution in [0.5, 0.6) is 5.75 Å². The fourth-order valence-corrected chi connectivity index (χ4v) is 5.15. The Bertz CT molecular complexity index is 909. The Balaban J connectivity index is 3.15. The lowest BCUT2D eigenvalue weighted by molar-refractivity contribution is -0.361. The molecule has 0 aliphatic carbocycles. The summed E-state index contributed by atoms with van der Waals surface area (Å²) < 4.78 is 119. The molecule has 0 amide bonds. The number of alkyl halides is 6. The molecule has 1 aromatic carbocycles. The minimum atomic E-state index is -6.54. The van der Waals surface area contributed by atoms with E-state index in [2.05, 4.69) is 52.5 Å². The Morgan fingerprint density at radius 2 is 1.37 bits per heavy atom. The first kappa shape index (κ1) is 27.1. The molecule has 0 unspecified atom stereocenters. The van der Waals surface area contributed by atoms with E-state index in [0.29, 0.717) is 4.47 Å². The molecule has 0 aromatic heterocycles. The molecule has 1 aromatic rings. The van der Waals surface area contributed by atoms with Gasteiger partial charge >= 0.3 is 29.9 Å². The van der Waals surface area contributed by atoms with Crippen LogP contribution in [0.2, 0.25) is 0 Å². The minimum Gasteiger partial charge on any atom is -0.748 e. The topological polar surface area (TPSA) is 110 Å². The quantitative estimate of drug-likeness (QED) is 0.148. The smallest absolute Gasteiger partial charge is 0.438 e. The lowest BCUT2D eigenvalue weighted by Crippen LogP contribution is -2.63. The number of ether oxygens (including phenoxy) is 2. The van der Waals surface area contributed by atoms with E-state index in [0.717, 1.165) is 0 Å². The molecule has 0 bridgehead atoms. The van der Waals surface area contributed by atoms with Gasteiger partial charge in [0.15, 0.2) is 5.75 Å². The molecule has 0 aliphatic rings. The van der Waals surface area contributed by atoms with Crippen molar-refractivity contribution in [1.82, 2.24) is 0 Å². The summed E-state index contributed by atoms with van der Waals surface area (Å²) in [5, 5.41) is 0. The van der Waals surface area contributed by atoms with Crippen LogP contribution in [0.1, 0.15) is 6.42 Å². The van der Waals surface area contributed by atoms with Gasteiger partial charge in [0, 0.05) is 4.47 Å². The minimum absolute atomic E-state index is 0.114. The van der Waals surface area contributed by atoms with Crippen LogP contribution in [0.4, 0.5) is 26.3 Å². The van der Waals surface area contributed by atoms with Crippen molar-refractivity contribution in [3.05, 3.63) is 25.6 Å². The van der Waals surface area contributed by atoms with Gasteiger partial charge in [-0.1, -0.05) is 15.9 Å². The second-order valence-corrected chi connectivity index (χ2v) is 9.38. The van der Waals surface area contributed by atoms with Crippen molar-refractivity contribution in [2.45, 2.75) is 24.4 Å². The van der Waals surface area contributed by atoms with Gasteiger partial charge in [0.1, 0.15) is 6.42 Å². The predicted molar refractivity (Wildman–Crippen MR) is 95.3 cm³/mol. The number of hydrogen-bond acceptors (Lipinski definition) is 7. The van der Waals surface area contributed by atoms with E-state index in [4.69, 9.17) is 4.74 Å². The molecule has 0 radical (unpaired) electrons. The number of benzene rings is 1. The van der Waals surface area contributed by atoms with Gasteiger partial charge in [-0.3, -0.25) is 9.59 Å². The van der Waals surface area contributed by atoms with E-state index >= 15 is 0 Å². The molecular weight excluding hydrogens is 654 g/mol. The maximum Gasteiger partial charge on any atom is 0.438 e. The lowest BCUT2D eigenvalue weighted by atomic mass is 10.1. The molecule has 1 rings (SSSR count). The number of hydrogen-bond donors (Lipinski definition) is 0. The van der Waals surface area contributed by atoms with Crippen molar-refractivity contribution < 1.29 is 58.4 Å². The summed E-state index contributed by atoms with van der Waals surface area (Å²) >= 11 is 9.03. The molecule has 7 nitrogen and oxygen atoms in total. The Labute approximate surface area is 189 Å². The van der Waals surface area contributed by atoms with Gasteiger partial charge in [0.2, 0.25) is 0 Å². The molecule has 0 atom stereocenters. The van der Waals surface area contributed by atoms with Crippen molar-refractivity contribution in [2.24, 2.45) is 0 Å². The second-order valence-electron chi connectivity index (χ2n) is 5.35.